The van der Waals surface area contributed by atoms with Crippen LogP contribution in [-0.4, -0.2) is 30.6 Å². The molecule has 1 aromatic rings. The van der Waals surface area contributed by atoms with Crippen molar-refractivity contribution in [2.75, 3.05) is 19.6 Å². The van der Waals surface area contributed by atoms with Crippen LogP contribution in [0, 0.1) is 12.8 Å². The summed E-state index contributed by atoms with van der Waals surface area (Å²) in [5.41, 5.74) is 0. The van der Waals surface area contributed by atoms with Gasteiger partial charge in [0.15, 0.2) is 0 Å². The first-order chi connectivity index (χ1) is 8.81. The van der Waals surface area contributed by atoms with Crippen LogP contribution in [0.5, 0.6) is 0 Å². The van der Waals surface area contributed by atoms with Crippen molar-refractivity contribution >= 4 is 23.7 Å². The lowest BCUT2D eigenvalue weighted by Crippen LogP contribution is -2.40. The molecule has 0 amide bonds. The van der Waals surface area contributed by atoms with E-state index in [-0.39, 0.29) is 12.4 Å². The number of likely N-dealkylation sites (tertiary alicyclic amines) is 1. The maximum atomic E-state index is 3.68. The average molecular weight is 301 g/mol. The highest BCUT2D eigenvalue weighted by atomic mass is 35.5. The maximum absolute atomic E-state index is 3.68. The zero-order valence-corrected chi connectivity index (χ0v) is 13.4. The van der Waals surface area contributed by atoms with Crippen molar-refractivity contribution in [3.63, 3.8) is 0 Å². The molecule has 1 aromatic heterocycles. The number of halogens is 1. The number of hydrogen-bond donors (Lipinski definition) is 1. The predicted molar refractivity (Wildman–Crippen MR) is 85.3 cm³/mol. The summed E-state index contributed by atoms with van der Waals surface area (Å²) in [7, 11) is 0. The summed E-state index contributed by atoms with van der Waals surface area (Å²) < 4.78 is 0. The molecule has 1 N–H and O–H groups in total. The number of aryl methyl sites for hydroxylation is 1. The van der Waals surface area contributed by atoms with Crippen LogP contribution in [-0.2, 0) is 6.54 Å². The third-order valence-electron chi connectivity index (χ3n) is 4.48. The molecule has 19 heavy (non-hydrogen) atoms. The Kier molecular flexibility index (Phi) is 5.70. The molecule has 1 unspecified atom stereocenters. The van der Waals surface area contributed by atoms with Crippen LogP contribution in [0.3, 0.4) is 0 Å². The molecule has 4 heteroatoms. The predicted octanol–water partition coefficient (Wildman–Crippen LogP) is 3.44. The zero-order valence-electron chi connectivity index (χ0n) is 11.7. The Labute approximate surface area is 127 Å². The minimum absolute atomic E-state index is 0. The van der Waals surface area contributed by atoms with Gasteiger partial charge in [-0.3, -0.25) is 4.90 Å². The molecular weight excluding hydrogens is 276 g/mol. The molecule has 3 rings (SSSR count). The van der Waals surface area contributed by atoms with Crippen molar-refractivity contribution in [3.8, 4) is 0 Å². The van der Waals surface area contributed by atoms with Crippen LogP contribution in [0.15, 0.2) is 12.1 Å². The van der Waals surface area contributed by atoms with E-state index >= 15 is 0 Å². The summed E-state index contributed by atoms with van der Waals surface area (Å²) in [6.45, 7) is 7.20. The molecule has 0 saturated carbocycles. The van der Waals surface area contributed by atoms with Crippen molar-refractivity contribution in [1.29, 1.82) is 0 Å². The van der Waals surface area contributed by atoms with Gasteiger partial charge in [0.05, 0.1) is 0 Å². The summed E-state index contributed by atoms with van der Waals surface area (Å²) in [5.74, 6) is 0.939. The minimum Gasteiger partial charge on any atom is -0.314 e. The first kappa shape index (κ1) is 15.3. The van der Waals surface area contributed by atoms with Crippen LogP contribution >= 0.6 is 23.7 Å². The minimum atomic E-state index is 0. The summed E-state index contributed by atoms with van der Waals surface area (Å²) in [6.07, 6.45) is 5.58. The molecule has 0 spiro atoms. The Balaban J connectivity index is 0.00000133. The van der Waals surface area contributed by atoms with Gasteiger partial charge >= 0.3 is 0 Å². The molecule has 0 aromatic carbocycles. The van der Waals surface area contributed by atoms with Crippen LogP contribution < -0.4 is 5.32 Å². The monoisotopic (exact) mass is 300 g/mol. The molecule has 0 aliphatic carbocycles. The van der Waals surface area contributed by atoms with Gasteiger partial charge in [-0.1, -0.05) is 0 Å². The molecular formula is C15H25ClN2S. The number of rotatable bonds is 3. The van der Waals surface area contributed by atoms with E-state index in [1.807, 2.05) is 11.3 Å². The lowest BCUT2D eigenvalue weighted by Gasteiger charge is -2.34. The number of thiophene rings is 1. The van der Waals surface area contributed by atoms with E-state index in [1.165, 1.54) is 61.6 Å². The fraction of sp³-hybridized carbons (Fsp3) is 0.733. The van der Waals surface area contributed by atoms with E-state index in [9.17, 15) is 0 Å². The molecule has 2 fully saturated rings. The van der Waals surface area contributed by atoms with Gasteiger partial charge < -0.3 is 5.32 Å². The Morgan fingerprint density at radius 2 is 2.05 bits per heavy atom. The van der Waals surface area contributed by atoms with Crippen LogP contribution in [0.2, 0.25) is 0 Å². The lowest BCUT2D eigenvalue weighted by molar-refractivity contribution is 0.158. The van der Waals surface area contributed by atoms with E-state index in [1.54, 1.807) is 0 Å². The standard InChI is InChI=1S/C15H24N2S.ClH/c1-12-4-5-14(18-12)11-17-9-6-13(7-10-17)15-3-2-8-16-15;/h4-5,13,15-16H,2-3,6-11H2,1H3;1H. The van der Waals surface area contributed by atoms with Gasteiger partial charge in [0.2, 0.25) is 0 Å². The fourth-order valence-corrected chi connectivity index (χ4v) is 4.35. The number of piperidine rings is 1. The summed E-state index contributed by atoms with van der Waals surface area (Å²) in [5, 5.41) is 3.68. The smallest absolute Gasteiger partial charge is 0.0328 e. The van der Waals surface area contributed by atoms with E-state index < -0.39 is 0 Å². The molecule has 108 valence electrons. The van der Waals surface area contributed by atoms with Gasteiger partial charge in [-0.15, -0.1) is 23.7 Å². The zero-order chi connectivity index (χ0) is 12.4. The molecule has 2 saturated heterocycles. The van der Waals surface area contributed by atoms with E-state index in [4.69, 9.17) is 0 Å². The van der Waals surface area contributed by atoms with Gasteiger partial charge in [0.25, 0.3) is 0 Å². The molecule has 2 aliphatic rings. The second-order valence-corrected chi connectivity index (χ2v) is 7.20. The second-order valence-electron chi connectivity index (χ2n) is 5.83. The second kappa shape index (κ2) is 7.07. The van der Waals surface area contributed by atoms with Crippen molar-refractivity contribution in [2.24, 2.45) is 5.92 Å². The Morgan fingerprint density at radius 3 is 2.63 bits per heavy atom. The van der Waals surface area contributed by atoms with Crippen LogP contribution in [0.25, 0.3) is 0 Å². The third-order valence-corrected chi connectivity index (χ3v) is 5.46. The normalized spacial score (nSPS) is 25.4. The SMILES string of the molecule is Cc1ccc(CN2CCC(C3CCCN3)CC2)s1.Cl. The number of nitrogens with one attached hydrogen (secondary N) is 1. The summed E-state index contributed by atoms with van der Waals surface area (Å²) in [6, 6.07) is 5.37. The van der Waals surface area contributed by atoms with Gasteiger partial charge in [0, 0.05) is 22.3 Å². The Hall–Kier alpha value is -0.0900. The Bertz CT molecular complexity index is 379. The molecule has 0 bridgehead atoms. The highest BCUT2D eigenvalue weighted by Gasteiger charge is 2.28. The highest BCUT2D eigenvalue weighted by molar-refractivity contribution is 7.11. The van der Waals surface area contributed by atoms with Gasteiger partial charge in [0.1, 0.15) is 0 Å². The number of nitrogens with zero attached hydrogens (tertiary/aromatic N) is 1. The van der Waals surface area contributed by atoms with Crippen molar-refractivity contribution in [1.82, 2.24) is 10.2 Å². The highest BCUT2D eigenvalue weighted by Crippen LogP contribution is 2.27. The molecule has 2 nitrogen and oxygen atoms in total. The Morgan fingerprint density at radius 1 is 1.26 bits per heavy atom. The molecule has 2 aliphatic heterocycles. The summed E-state index contributed by atoms with van der Waals surface area (Å²) >= 11 is 1.95. The van der Waals surface area contributed by atoms with E-state index in [0.29, 0.717) is 0 Å². The van der Waals surface area contributed by atoms with Gasteiger partial charge in [-0.2, -0.15) is 0 Å². The van der Waals surface area contributed by atoms with Crippen LogP contribution in [0.4, 0.5) is 0 Å². The van der Waals surface area contributed by atoms with Crippen LogP contribution in [0.1, 0.15) is 35.4 Å². The molecule has 1 atom stereocenters. The van der Waals surface area contributed by atoms with Crippen molar-refractivity contribution in [2.45, 2.75) is 45.2 Å². The van der Waals surface area contributed by atoms with Gasteiger partial charge in [-0.25, -0.2) is 0 Å². The third kappa shape index (κ3) is 3.94. The molecule has 3 heterocycles. The number of hydrogen-bond acceptors (Lipinski definition) is 3. The van der Waals surface area contributed by atoms with Crippen molar-refractivity contribution < 1.29 is 0 Å². The largest absolute Gasteiger partial charge is 0.314 e. The quantitative estimate of drug-likeness (QED) is 0.920. The maximum Gasteiger partial charge on any atom is 0.0328 e. The average Bonchev–Trinajstić information content (AvgIpc) is 3.02. The molecule has 0 radical (unpaired) electrons. The fourth-order valence-electron chi connectivity index (χ4n) is 3.42. The lowest BCUT2D eigenvalue weighted by atomic mass is 9.88. The van der Waals surface area contributed by atoms with E-state index in [2.05, 4.69) is 29.3 Å². The topological polar surface area (TPSA) is 15.3 Å². The van der Waals surface area contributed by atoms with Gasteiger partial charge in [-0.05, 0) is 70.3 Å². The first-order valence-electron chi connectivity index (χ1n) is 7.32. The first-order valence-corrected chi connectivity index (χ1v) is 8.14. The summed E-state index contributed by atoms with van der Waals surface area (Å²) in [4.78, 5) is 5.61. The van der Waals surface area contributed by atoms with Crippen molar-refractivity contribution in [3.05, 3.63) is 21.9 Å². The van der Waals surface area contributed by atoms with E-state index in [0.717, 1.165) is 12.0 Å².